The molecular weight excluding hydrogens is 438 g/mol. The largest absolute Gasteiger partial charge is 0.348 e. The first-order chi connectivity index (χ1) is 15.2. The van der Waals surface area contributed by atoms with Crippen molar-refractivity contribution in [3.05, 3.63) is 59.7 Å². The van der Waals surface area contributed by atoms with E-state index in [1.165, 1.54) is 43.7 Å². The summed E-state index contributed by atoms with van der Waals surface area (Å²) in [6.45, 7) is 13.3. The number of carbonyl (C=O) groups is 2. The molecule has 0 fully saturated rings. The molecule has 0 aliphatic heterocycles. The molecule has 0 saturated heterocycles. The van der Waals surface area contributed by atoms with Gasteiger partial charge in [-0.1, -0.05) is 58.9 Å². The van der Waals surface area contributed by atoms with Crippen molar-refractivity contribution in [3.8, 4) is 0 Å². The summed E-state index contributed by atoms with van der Waals surface area (Å²) in [6, 6.07) is 12.7. The van der Waals surface area contributed by atoms with Crippen molar-refractivity contribution in [2.45, 2.75) is 70.9 Å². The maximum absolute atomic E-state index is 12.9. The predicted octanol–water partition coefficient (Wildman–Crippen LogP) is 4.12. The van der Waals surface area contributed by atoms with E-state index in [9.17, 15) is 18.0 Å². The summed E-state index contributed by atoms with van der Waals surface area (Å²) in [6.07, 6.45) is 0. The Kier molecular flexibility index (Phi) is 8.43. The first-order valence-corrected chi connectivity index (χ1v) is 12.5. The molecule has 0 aromatic heterocycles. The number of carbonyl (C=O) groups excluding carboxylic acids is 2. The average Bonchev–Trinajstić information content (AvgIpc) is 2.70. The first kappa shape index (κ1) is 26.5. The molecule has 7 nitrogen and oxygen atoms in total. The molecule has 33 heavy (non-hydrogen) atoms. The van der Waals surface area contributed by atoms with Gasteiger partial charge in [0.05, 0.1) is 17.0 Å². The molecule has 0 heterocycles. The molecule has 2 aromatic rings. The molecule has 8 heteroatoms. The Balaban J connectivity index is 2.11. The summed E-state index contributed by atoms with van der Waals surface area (Å²) in [5.74, 6) is -0.548. The Hall–Kier alpha value is -2.71. The zero-order valence-electron chi connectivity index (χ0n) is 20.4. The Morgan fingerprint density at radius 2 is 1.42 bits per heavy atom. The third kappa shape index (κ3) is 7.40. The van der Waals surface area contributed by atoms with Crippen molar-refractivity contribution in [1.29, 1.82) is 0 Å². The minimum Gasteiger partial charge on any atom is -0.348 e. The molecule has 1 unspecified atom stereocenters. The van der Waals surface area contributed by atoms with Gasteiger partial charge in [-0.2, -0.15) is 4.72 Å². The second-order valence-corrected chi connectivity index (χ2v) is 11.4. The van der Waals surface area contributed by atoms with Gasteiger partial charge in [-0.15, -0.1) is 0 Å². The van der Waals surface area contributed by atoms with Crippen LogP contribution in [-0.4, -0.2) is 26.3 Å². The molecular formula is C25H35N3O4S. The Morgan fingerprint density at radius 3 is 1.88 bits per heavy atom. The summed E-state index contributed by atoms with van der Waals surface area (Å²) in [4.78, 5) is 24.0. The Labute approximate surface area is 197 Å². The number of benzene rings is 2. The van der Waals surface area contributed by atoms with Crippen LogP contribution in [0.1, 0.15) is 65.6 Å². The number of sulfonamides is 1. The molecule has 0 aliphatic rings. The second-order valence-electron chi connectivity index (χ2n) is 9.65. The van der Waals surface area contributed by atoms with Crippen LogP contribution in [0.3, 0.4) is 0 Å². The summed E-state index contributed by atoms with van der Waals surface area (Å²) in [7, 11) is -3.92. The Morgan fingerprint density at radius 1 is 0.879 bits per heavy atom. The second kappa shape index (κ2) is 10.5. The summed E-state index contributed by atoms with van der Waals surface area (Å²) >= 11 is 0. The van der Waals surface area contributed by atoms with Gasteiger partial charge in [0.2, 0.25) is 21.8 Å². The monoisotopic (exact) mass is 473 g/mol. The minimum absolute atomic E-state index is 0.00873. The average molecular weight is 474 g/mol. The van der Waals surface area contributed by atoms with E-state index in [-0.39, 0.29) is 28.2 Å². The van der Waals surface area contributed by atoms with E-state index in [1.54, 1.807) is 0 Å². The van der Waals surface area contributed by atoms with E-state index in [4.69, 9.17) is 0 Å². The molecule has 0 aliphatic carbocycles. The lowest BCUT2D eigenvalue weighted by molar-refractivity contribution is -0.123. The lowest BCUT2D eigenvalue weighted by atomic mass is 9.85. The van der Waals surface area contributed by atoms with Crippen molar-refractivity contribution >= 4 is 27.5 Å². The lowest BCUT2D eigenvalue weighted by Gasteiger charge is -2.26. The molecule has 0 radical (unpaired) electrons. The molecule has 2 aromatic carbocycles. The van der Waals surface area contributed by atoms with E-state index in [2.05, 4.69) is 48.3 Å². The number of amides is 2. The van der Waals surface area contributed by atoms with Gasteiger partial charge in [-0.05, 0) is 53.6 Å². The minimum atomic E-state index is -3.92. The normalized spacial score (nSPS) is 13.9. The summed E-state index contributed by atoms with van der Waals surface area (Å²) in [5.41, 5.74) is 2.69. The van der Waals surface area contributed by atoms with Gasteiger partial charge < -0.3 is 10.6 Å². The van der Waals surface area contributed by atoms with Crippen molar-refractivity contribution in [2.75, 3.05) is 5.32 Å². The maximum atomic E-state index is 12.9. The quantitative estimate of drug-likeness (QED) is 0.536. The fraction of sp³-hybridized carbons (Fsp3) is 0.440. The van der Waals surface area contributed by atoms with Gasteiger partial charge in [-0.3, -0.25) is 9.59 Å². The maximum Gasteiger partial charge on any atom is 0.241 e. The predicted molar refractivity (Wildman–Crippen MR) is 131 cm³/mol. The highest BCUT2D eigenvalue weighted by Gasteiger charge is 2.26. The smallest absolute Gasteiger partial charge is 0.241 e. The van der Waals surface area contributed by atoms with Gasteiger partial charge in [0.25, 0.3) is 0 Å². The SMILES string of the molecule is CC(=O)Nc1ccc(S(=O)(=O)N[C@@H](C)C(=O)NC(c2ccc(C(C)(C)C)cc2)C(C)C)cc1. The fourth-order valence-electron chi connectivity index (χ4n) is 3.38. The molecule has 0 spiro atoms. The van der Waals surface area contributed by atoms with E-state index >= 15 is 0 Å². The summed E-state index contributed by atoms with van der Waals surface area (Å²) in [5, 5.41) is 5.57. The van der Waals surface area contributed by atoms with Crippen molar-refractivity contribution in [3.63, 3.8) is 0 Å². The van der Waals surface area contributed by atoms with Crippen LogP contribution in [-0.2, 0) is 25.0 Å². The highest BCUT2D eigenvalue weighted by molar-refractivity contribution is 7.89. The molecule has 2 amide bonds. The molecule has 0 bridgehead atoms. The first-order valence-electron chi connectivity index (χ1n) is 11.0. The van der Waals surface area contributed by atoms with Gasteiger partial charge in [-0.25, -0.2) is 8.42 Å². The van der Waals surface area contributed by atoms with Crippen LogP contribution in [0, 0.1) is 5.92 Å². The number of rotatable bonds is 8. The highest BCUT2D eigenvalue weighted by Crippen LogP contribution is 2.27. The molecule has 0 saturated carbocycles. The van der Waals surface area contributed by atoms with Crippen molar-refractivity contribution < 1.29 is 18.0 Å². The van der Waals surface area contributed by atoms with Crippen LogP contribution in [0.2, 0.25) is 0 Å². The van der Waals surface area contributed by atoms with Crippen LogP contribution in [0.25, 0.3) is 0 Å². The Bertz CT molecular complexity index is 1070. The topological polar surface area (TPSA) is 104 Å². The van der Waals surface area contributed by atoms with E-state index in [0.717, 1.165) is 5.56 Å². The van der Waals surface area contributed by atoms with Crippen LogP contribution < -0.4 is 15.4 Å². The third-order valence-corrected chi connectivity index (χ3v) is 6.87. The lowest BCUT2D eigenvalue weighted by Crippen LogP contribution is -2.46. The van der Waals surface area contributed by atoms with Crippen LogP contribution in [0.5, 0.6) is 0 Å². The van der Waals surface area contributed by atoms with E-state index in [0.29, 0.717) is 5.69 Å². The molecule has 3 N–H and O–H groups in total. The van der Waals surface area contributed by atoms with Crippen LogP contribution in [0.15, 0.2) is 53.4 Å². The van der Waals surface area contributed by atoms with Gasteiger partial charge in [0, 0.05) is 12.6 Å². The van der Waals surface area contributed by atoms with E-state index in [1.807, 2.05) is 26.0 Å². The molecule has 2 atom stereocenters. The fourth-order valence-corrected chi connectivity index (χ4v) is 4.58. The zero-order chi connectivity index (χ0) is 25.0. The third-order valence-electron chi connectivity index (χ3n) is 5.31. The molecule has 2 rings (SSSR count). The van der Waals surface area contributed by atoms with Gasteiger partial charge in [0.1, 0.15) is 0 Å². The van der Waals surface area contributed by atoms with E-state index < -0.39 is 22.0 Å². The van der Waals surface area contributed by atoms with Gasteiger partial charge in [0.15, 0.2) is 0 Å². The van der Waals surface area contributed by atoms with Crippen molar-refractivity contribution in [1.82, 2.24) is 10.0 Å². The standard InChI is InChI=1S/C25H35N3O4S/c1-16(2)23(19-8-10-20(11-9-19)25(5,6)7)27-24(30)17(3)28-33(31,32)22-14-12-21(13-15-22)26-18(4)29/h8-17,23,28H,1-7H3,(H,26,29)(H,27,30)/t17-,23?/m0/s1. The highest BCUT2D eigenvalue weighted by atomic mass is 32.2. The van der Waals surface area contributed by atoms with Crippen molar-refractivity contribution in [2.24, 2.45) is 5.92 Å². The number of hydrogen-bond acceptors (Lipinski definition) is 4. The zero-order valence-corrected chi connectivity index (χ0v) is 21.2. The number of nitrogens with one attached hydrogen (secondary N) is 3. The van der Waals surface area contributed by atoms with Crippen LogP contribution in [0.4, 0.5) is 5.69 Å². The van der Waals surface area contributed by atoms with Gasteiger partial charge >= 0.3 is 0 Å². The number of hydrogen-bond donors (Lipinski definition) is 3. The number of anilines is 1. The van der Waals surface area contributed by atoms with Crippen LogP contribution >= 0.6 is 0 Å². The summed E-state index contributed by atoms with van der Waals surface area (Å²) < 4.78 is 27.9. The molecule has 180 valence electrons.